The predicted molar refractivity (Wildman–Crippen MR) is 123 cm³/mol. The number of benzene rings is 1. The summed E-state index contributed by atoms with van der Waals surface area (Å²) in [5, 5.41) is 12.5. The molecule has 4 heterocycles. The highest BCUT2D eigenvalue weighted by Crippen LogP contribution is 2.45. The largest absolute Gasteiger partial charge is 0.673 e. The second-order valence-electron chi connectivity index (χ2n) is 9.34. The van der Waals surface area contributed by atoms with Crippen molar-refractivity contribution in [3.63, 3.8) is 0 Å². The molecule has 3 fully saturated rings. The minimum atomic E-state index is -6.00. The number of aryl methyl sites for hydroxylation is 1. The molecule has 14 heteroatoms. The van der Waals surface area contributed by atoms with Gasteiger partial charge in [0, 0.05) is 36.5 Å². The van der Waals surface area contributed by atoms with E-state index in [1.54, 1.807) is 7.11 Å². The third-order valence-corrected chi connectivity index (χ3v) is 6.95. The Morgan fingerprint density at radius 2 is 1.69 bits per heavy atom. The van der Waals surface area contributed by atoms with E-state index in [-0.39, 0.29) is 6.04 Å². The van der Waals surface area contributed by atoms with Crippen LogP contribution in [0.3, 0.4) is 0 Å². The van der Waals surface area contributed by atoms with E-state index in [0.29, 0.717) is 11.8 Å². The van der Waals surface area contributed by atoms with Gasteiger partial charge in [0.1, 0.15) is 24.9 Å². The molecular formula is C22H30B2F8N2O2. The number of likely N-dealkylation sites (N-methyl/N-ethyl adjacent to an activating group) is 1. The maximum absolute atomic E-state index is 11.5. The van der Waals surface area contributed by atoms with Crippen LogP contribution >= 0.6 is 0 Å². The van der Waals surface area contributed by atoms with Crippen LogP contribution in [0.2, 0.25) is 0 Å². The van der Waals surface area contributed by atoms with Gasteiger partial charge in [-0.3, -0.25) is 0 Å². The van der Waals surface area contributed by atoms with E-state index in [0.717, 1.165) is 46.2 Å². The maximum Gasteiger partial charge on any atom is 0.673 e. The molecule has 3 saturated heterocycles. The monoisotopic (exact) mass is 528 g/mol. The molecule has 0 amide bonds. The molecule has 202 valence electrons. The summed E-state index contributed by atoms with van der Waals surface area (Å²) in [4.78, 5) is 0. The van der Waals surface area contributed by atoms with Crippen LogP contribution in [0.4, 0.5) is 34.5 Å². The number of methoxy groups -OCH3 is 1. The van der Waals surface area contributed by atoms with E-state index in [2.05, 4.69) is 48.7 Å². The highest BCUT2D eigenvalue weighted by atomic mass is 19.5. The highest BCUT2D eigenvalue weighted by molar-refractivity contribution is 6.50. The molecule has 36 heavy (non-hydrogen) atoms. The van der Waals surface area contributed by atoms with E-state index in [4.69, 9.17) is 4.74 Å². The number of quaternary nitrogens is 1. The molecule has 5 atom stereocenters. The van der Waals surface area contributed by atoms with Gasteiger partial charge >= 0.3 is 14.5 Å². The summed E-state index contributed by atoms with van der Waals surface area (Å²) in [6.45, 7) is 6.29. The van der Waals surface area contributed by atoms with Gasteiger partial charge in [0.25, 0.3) is 0 Å². The van der Waals surface area contributed by atoms with Crippen molar-refractivity contribution in [3.8, 4) is 5.75 Å². The van der Waals surface area contributed by atoms with Crippen molar-refractivity contribution in [2.45, 2.75) is 25.0 Å². The van der Waals surface area contributed by atoms with Gasteiger partial charge in [-0.05, 0) is 18.1 Å². The van der Waals surface area contributed by atoms with Gasteiger partial charge in [-0.15, -0.1) is 6.58 Å². The zero-order valence-corrected chi connectivity index (χ0v) is 20.2. The number of aliphatic hydroxyl groups excluding tert-OH is 1. The zero-order valence-electron chi connectivity index (χ0n) is 20.2. The molecule has 1 aromatic heterocycles. The lowest BCUT2D eigenvalue weighted by atomic mass is 9.72. The number of aliphatic hydroxyl groups is 1. The van der Waals surface area contributed by atoms with Gasteiger partial charge in [0.05, 0.1) is 32.6 Å². The molecule has 4 nitrogen and oxygen atoms in total. The minimum Gasteiger partial charge on any atom is -0.497 e. The Balaban J connectivity index is 0.000000389. The Hall–Kier alpha value is -2.34. The standard InChI is InChI=1S/C22H30N2O2.2BF4/c1-5-15-14-24(3)11-9-16(15)12-21(24)22(25)18-8-10-23(2)20-7-6-17(26-4)13-19(18)20;2*2-1(3,4)5/h5-8,10,13,15-16,21-22,25H,1,9,11-12,14H2,2-4H3;;/q+2;2*-1/t15-,16-,21-,22+,24-;;/m0../s1. The van der Waals surface area contributed by atoms with Crippen LogP contribution in [0, 0.1) is 11.8 Å². The minimum absolute atomic E-state index is 0.243. The lowest BCUT2D eigenvalue weighted by Gasteiger charge is -2.56. The lowest BCUT2D eigenvalue weighted by molar-refractivity contribution is -0.956. The fourth-order valence-corrected chi connectivity index (χ4v) is 5.30. The lowest BCUT2D eigenvalue weighted by Crippen LogP contribution is -2.66. The number of piperidine rings is 3. The van der Waals surface area contributed by atoms with Crippen molar-refractivity contribution in [1.82, 2.24) is 0 Å². The third kappa shape index (κ3) is 8.09. The van der Waals surface area contributed by atoms with Crippen LogP contribution in [0.1, 0.15) is 24.5 Å². The maximum atomic E-state index is 11.5. The van der Waals surface area contributed by atoms with Gasteiger partial charge < -0.3 is 48.9 Å². The van der Waals surface area contributed by atoms with Crippen LogP contribution in [0.25, 0.3) is 10.9 Å². The number of nitrogens with zero attached hydrogens (tertiary/aromatic N) is 2. The smallest absolute Gasteiger partial charge is 0.497 e. The fourth-order valence-electron chi connectivity index (χ4n) is 5.30. The number of fused-ring (bicyclic) bond motifs is 4. The van der Waals surface area contributed by atoms with Gasteiger partial charge in [-0.25, -0.2) is 4.57 Å². The summed E-state index contributed by atoms with van der Waals surface area (Å²) in [7, 11) is -5.96. The topological polar surface area (TPSA) is 33.3 Å². The van der Waals surface area contributed by atoms with Crippen LogP contribution in [0.5, 0.6) is 5.75 Å². The first-order chi connectivity index (χ1) is 16.5. The molecule has 0 unspecified atom stereocenters. The Bertz CT molecular complexity index is 1030. The average Bonchev–Trinajstić information content (AvgIpc) is 2.76. The van der Waals surface area contributed by atoms with Crippen molar-refractivity contribution in [2.24, 2.45) is 18.9 Å². The van der Waals surface area contributed by atoms with Crippen molar-refractivity contribution < 1.29 is 53.4 Å². The van der Waals surface area contributed by atoms with Crippen LogP contribution in [-0.2, 0) is 7.05 Å². The second-order valence-corrected chi connectivity index (χ2v) is 9.34. The van der Waals surface area contributed by atoms with E-state index < -0.39 is 20.6 Å². The summed E-state index contributed by atoms with van der Waals surface area (Å²) >= 11 is 0. The Morgan fingerprint density at radius 3 is 2.19 bits per heavy atom. The number of halogens is 8. The fraction of sp³-hybridized carbons (Fsp3) is 0.500. The second kappa shape index (κ2) is 11.4. The summed E-state index contributed by atoms with van der Waals surface area (Å²) in [5.74, 6) is 2.07. The average molecular weight is 528 g/mol. The van der Waals surface area contributed by atoms with Crippen molar-refractivity contribution >= 4 is 25.4 Å². The molecule has 0 aliphatic carbocycles. The first-order valence-electron chi connectivity index (χ1n) is 11.3. The van der Waals surface area contributed by atoms with Crippen LogP contribution in [-0.4, -0.2) is 57.4 Å². The Kier molecular flexibility index (Phi) is 9.44. The van der Waals surface area contributed by atoms with Gasteiger partial charge in [0.2, 0.25) is 5.52 Å². The third-order valence-electron chi connectivity index (χ3n) is 6.95. The number of ether oxygens (including phenoxy) is 1. The van der Waals surface area contributed by atoms with E-state index in [1.807, 2.05) is 13.1 Å². The number of aromatic nitrogens is 1. The number of hydrogen-bond donors (Lipinski definition) is 1. The SMILES string of the molecule is C=C[C@H]1C[N@+]2(C)CC[C@H]1C[C@H]2[C@H](O)c1cc[n+](C)c2ccc(OC)cc12.F[B-](F)(F)F.F[B-](F)(F)F. The summed E-state index contributed by atoms with van der Waals surface area (Å²) in [6.07, 6.45) is 6.03. The van der Waals surface area contributed by atoms with E-state index in [9.17, 15) is 39.6 Å². The van der Waals surface area contributed by atoms with Crippen LogP contribution < -0.4 is 9.30 Å². The van der Waals surface area contributed by atoms with E-state index >= 15 is 0 Å². The molecule has 3 aliphatic heterocycles. The number of rotatable bonds is 4. The first kappa shape index (κ1) is 29.9. The quantitative estimate of drug-likeness (QED) is 0.191. The number of hydrogen-bond acceptors (Lipinski definition) is 2. The van der Waals surface area contributed by atoms with Crippen molar-refractivity contribution in [2.75, 3.05) is 27.2 Å². The van der Waals surface area contributed by atoms with Crippen LogP contribution in [0.15, 0.2) is 43.1 Å². The molecule has 2 aromatic rings. The Morgan fingerprint density at radius 1 is 1.11 bits per heavy atom. The van der Waals surface area contributed by atoms with E-state index in [1.165, 1.54) is 6.42 Å². The summed E-state index contributed by atoms with van der Waals surface area (Å²) in [6, 6.07) is 8.42. The molecule has 2 bridgehead atoms. The first-order valence-corrected chi connectivity index (χ1v) is 11.3. The number of pyridine rings is 1. The van der Waals surface area contributed by atoms with Gasteiger partial charge in [-0.1, -0.05) is 6.08 Å². The summed E-state index contributed by atoms with van der Waals surface area (Å²) < 4.78 is 86.5. The zero-order chi connectivity index (χ0) is 27.5. The molecule has 3 aliphatic rings. The van der Waals surface area contributed by atoms with Gasteiger partial charge in [0.15, 0.2) is 6.20 Å². The van der Waals surface area contributed by atoms with Crippen molar-refractivity contribution in [3.05, 3.63) is 48.7 Å². The Labute approximate surface area is 205 Å². The summed E-state index contributed by atoms with van der Waals surface area (Å²) in [5.41, 5.74) is 2.13. The molecule has 0 radical (unpaired) electrons. The normalized spacial score (nSPS) is 26.3. The molecule has 0 spiro atoms. The van der Waals surface area contributed by atoms with Gasteiger partial charge in [-0.2, -0.15) is 0 Å². The molecular weight excluding hydrogens is 498 g/mol. The molecule has 1 N–H and O–H groups in total. The van der Waals surface area contributed by atoms with Crippen molar-refractivity contribution in [1.29, 1.82) is 0 Å². The molecule has 1 aromatic carbocycles. The predicted octanol–water partition coefficient (Wildman–Crippen LogP) is 5.35. The molecule has 5 rings (SSSR count). The highest BCUT2D eigenvalue weighted by Gasteiger charge is 2.51. The molecule has 0 saturated carbocycles.